The van der Waals surface area contributed by atoms with Gasteiger partial charge in [-0.1, -0.05) is 12.1 Å². The fraction of sp³-hybridized carbons (Fsp3) is 0.130. The van der Waals surface area contributed by atoms with Crippen molar-refractivity contribution < 1.29 is 19.0 Å². The highest BCUT2D eigenvalue weighted by Crippen LogP contribution is 2.36. The number of carbonyl (C=O) groups is 1. The summed E-state index contributed by atoms with van der Waals surface area (Å²) in [5.41, 5.74) is 1.58. The van der Waals surface area contributed by atoms with Gasteiger partial charge in [0.1, 0.15) is 23.6 Å². The van der Waals surface area contributed by atoms with Crippen LogP contribution >= 0.6 is 0 Å². The first-order valence-electron chi connectivity index (χ1n) is 9.49. The molecule has 0 radical (unpaired) electrons. The van der Waals surface area contributed by atoms with Gasteiger partial charge in [-0.15, -0.1) is 0 Å². The van der Waals surface area contributed by atoms with Crippen LogP contribution in [0, 0.1) is 0 Å². The third-order valence-electron chi connectivity index (χ3n) is 4.57. The normalized spacial score (nSPS) is 10.5. The minimum absolute atomic E-state index is 0.159. The van der Waals surface area contributed by atoms with Crippen molar-refractivity contribution >= 4 is 22.6 Å². The quantitative estimate of drug-likeness (QED) is 0.486. The Labute approximate surface area is 178 Å². The number of carbonyl (C=O) groups excluding carboxylic acids is 1. The number of amides is 1. The molecule has 0 spiro atoms. The van der Waals surface area contributed by atoms with Crippen LogP contribution < -0.4 is 19.5 Å². The van der Waals surface area contributed by atoms with Gasteiger partial charge in [0.05, 0.1) is 26.2 Å². The largest absolute Gasteiger partial charge is 0.493 e. The van der Waals surface area contributed by atoms with Gasteiger partial charge in [0, 0.05) is 23.8 Å². The minimum atomic E-state index is -0.159. The number of benzene rings is 2. The highest BCUT2D eigenvalue weighted by atomic mass is 16.5. The number of nitrogens with zero attached hydrogens (tertiary/aromatic N) is 3. The van der Waals surface area contributed by atoms with E-state index >= 15 is 0 Å². The van der Waals surface area contributed by atoms with Gasteiger partial charge < -0.3 is 19.5 Å². The maximum atomic E-state index is 12.2. The molecule has 1 amide bonds. The summed E-state index contributed by atoms with van der Waals surface area (Å²) in [4.78, 5) is 24.4. The number of pyridine rings is 1. The topological polar surface area (TPSA) is 95.5 Å². The van der Waals surface area contributed by atoms with Gasteiger partial charge >= 0.3 is 0 Å². The molecule has 2 aromatic carbocycles. The maximum absolute atomic E-state index is 12.2. The number of methoxy groups -OCH3 is 2. The van der Waals surface area contributed by atoms with Gasteiger partial charge in [0.25, 0.3) is 0 Å². The lowest BCUT2D eigenvalue weighted by Crippen LogP contribution is -2.15. The molecule has 2 aromatic heterocycles. The highest BCUT2D eigenvalue weighted by Gasteiger charge is 2.12. The van der Waals surface area contributed by atoms with Crippen molar-refractivity contribution in [1.82, 2.24) is 15.0 Å². The molecule has 0 bridgehead atoms. The van der Waals surface area contributed by atoms with Crippen molar-refractivity contribution in [2.24, 2.45) is 0 Å². The number of fused-ring (bicyclic) bond motifs is 1. The van der Waals surface area contributed by atoms with E-state index in [9.17, 15) is 4.79 Å². The van der Waals surface area contributed by atoms with Crippen LogP contribution in [0.5, 0.6) is 23.0 Å². The Bertz CT molecular complexity index is 1200. The molecule has 8 heteroatoms. The molecule has 0 atom stereocenters. The maximum Gasteiger partial charge on any atom is 0.229 e. The van der Waals surface area contributed by atoms with Gasteiger partial charge in [-0.25, -0.2) is 9.97 Å². The van der Waals surface area contributed by atoms with E-state index in [1.165, 1.54) is 6.33 Å². The third-order valence-corrected chi connectivity index (χ3v) is 4.57. The van der Waals surface area contributed by atoms with Crippen molar-refractivity contribution in [3.63, 3.8) is 0 Å². The molecule has 2 heterocycles. The van der Waals surface area contributed by atoms with Crippen LogP contribution in [0.1, 0.15) is 5.56 Å². The second kappa shape index (κ2) is 9.08. The predicted octanol–water partition coefficient (Wildman–Crippen LogP) is 4.02. The Kier molecular flexibility index (Phi) is 5.89. The summed E-state index contributed by atoms with van der Waals surface area (Å²) in [5, 5.41) is 3.53. The minimum Gasteiger partial charge on any atom is -0.493 e. The van der Waals surface area contributed by atoms with Crippen molar-refractivity contribution in [3.05, 3.63) is 72.8 Å². The van der Waals surface area contributed by atoms with E-state index in [1.807, 2.05) is 30.3 Å². The summed E-state index contributed by atoms with van der Waals surface area (Å²) < 4.78 is 16.8. The van der Waals surface area contributed by atoms with Crippen LogP contribution in [-0.2, 0) is 11.2 Å². The van der Waals surface area contributed by atoms with Crippen molar-refractivity contribution in [3.8, 4) is 23.0 Å². The average molecular weight is 416 g/mol. The Morgan fingerprint density at radius 3 is 2.39 bits per heavy atom. The van der Waals surface area contributed by atoms with Crippen LogP contribution in [0.15, 0.2) is 67.3 Å². The first kappa shape index (κ1) is 20.1. The first-order chi connectivity index (χ1) is 15.2. The van der Waals surface area contributed by atoms with Gasteiger partial charge in [0.15, 0.2) is 11.5 Å². The molecule has 4 aromatic rings. The monoisotopic (exact) mass is 416 g/mol. The molecule has 156 valence electrons. The zero-order valence-electron chi connectivity index (χ0n) is 17.0. The second-order valence-corrected chi connectivity index (χ2v) is 6.60. The Balaban J connectivity index is 1.49. The van der Waals surface area contributed by atoms with E-state index < -0.39 is 0 Å². The van der Waals surface area contributed by atoms with E-state index in [0.717, 1.165) is 16.5 Å². The fourth-order valence-corrected chi connectivity index (χ4v) is 3.08. The summed E-state index contributed by atoms with van der Waals surface area (Å²) in [6.45, 7) is 0. The predicted molar refractivity (Wildman–Crippen MR) is 116 cm³/mol. The highest BCUT2D eigenvalue weighted by molar-refractivity contribution is 5.91. The molecule has 4 rings (SSSR count). The summed E-state index contributed by atoms with van der Waals surface area (Å²) in [6, 6.07) is 14.4. The molecule has 31 heavy (non-hydrogen) atoms. The van der Waals surface area contributed by atoms with Gasteiger partial charge in [-0.05, 0) is 35.9 Å². The number of rotatable bonds is 7. The lowest BCUT2D eigenvalue weighted by molar-refractivity contribution is -0.115. The average Bonchev–Trinajstić information content (AvgIpc) is 2.80. The van der Waals surface area contributed by atoms with Crippen molar-refractivity contribution in [1.29, 1.82) is 0 Å². The summed E-state index contributed by atoms with van der Waals surface area (Å²) >= 11 is 0. The summed E-state index contributed by atoms with van der Waals surface area (Å²) in [7, 11) is 3.17. The lowest BCUT2D eigenvalue weighted by atomic mass is 10.1. The Morgan fingerprint density at radius 2 is 1.68 bits per heavy atom. The van der Waals surface area contributed by atoms with E-state index in [0.29, 0.717) is 28.8 Å². The number of ether oxygens (including phenoxy) is 3. The molecule has 0 aliphatic heterocycles. The molecule has 0 saturated heterocycles. The van der Waals surface area contributed by atoms with Crippen LogP contribution in [0.2, 0.25) is 0 Å². The molecule has 0 aliphatic carbocycles. The molecule has 1 N–H and O–H groups in total. The van der Waals surface area contributed by atoms with Gasteiger partial charge in [-0.2, -0.15) is 0 Å². The molecule has 0 unspecified atom stereocenters. The molecular weight excluding hydrogens is 396 g/mol. The molecule has 8 nitrogen and oxygen atoms in total. The van der Waals surface area contributed by atoms with Crippen LogP contribution in [0.25, 0.3) is 10.9 Å². The van der Waals surface area contributed by atoms with E-state index in [1.54, 1.807) is 44.8 Å². The first-order valence-corrected chi connectivity index (χ1v) is 9.49. The van der Waals surface area contributed by atoms with E-state index in [-0.39, 0.29) is 12.3 Å². The number of anilines is 1. The molecule has 0 fully saturated rings. The number of hydrogen-bond acceptors (Lipinski definition) is 7. The van der Waals surface area contributed by atoms with E-state index in [4.69, 9.17) is 14.2 Å². The van der Waals surface area contributed by atoms with Gasteiger partial charge in [-0.3, -0.25) is 9.78 Å². The zero-order valence-corrected chi connectivity index (χ0v) is 17.0. The molecular formula is C23H20N4O4. The number of nitrogens with one attached hydrogen (secondary N) is 1. The van der Waals surface area contributed by atoms with Crippen LogP contribution in [0.3, 0.4) is 0 Å². The Hall–Kier alpha value is -4.20. The van der Waals surface area contributed by atoms with E-state index in [2.05, 4.69) is 20.3 Å². The number of aromatic nitrogens is 3. The fourth-order valence-electron chi connectivity index (χ4n) is 3.08. The SMILES string of the molecule is COc1cc2nccc(Oc3ccc(CC(=O)Nc4ccncn4)cc3)c2cc1OC. The van der Waals surface area contributed by atoms with Crippen LogP contribution in [0.4, 0.5) is 5.82 Å². The smallest absolute Gasteiger partial charge is 0.229 e. The molecule has 0 saturated carbocycles. The van der Waals surface area contributed by atoms with Crippen molar-refractivity contribution in [2.75, 3.05) is 19.5 Å². The zero-order chi connectivity index (χ0) is 21.6. The number of hydrogen-bond donors (Lipinski definition) is 1. The Morgan fingerprint density at radius 1 is 0.903 bits per heavy atom. The van der Waals surface area contributed by atoms with Crippen molar-refractivity contribution in [2.45, 2.75) is 6.42 Å². The second-order valence-electron chi connectivity index (χ2n) is 6.60. The standard InChI is InChI=1S/C23H20N4O4/c1-29-20-12-17-18(13-21(20)30-2)25-10-7-19(17)31-16-5-3-15(4-6-16)11-23(28)27-22-8-9-24-14-26-22/h3-10,12-14H,11H2,1-2H3,(H,24,26,27,28). The summed E-state index contributed by atoms with van der Waals surface area (Å²) in [6.07, 6.45) is 4.86. The van der Waals surface area contributed by atoms with Crippen LogP contribution in [-0.4, -0.2) is 35.1 Å². The summed E-state index contributed by atoms with van der Waals surface area (Å²) in [5.74, 6) is 2.79. The third kappa shape index (κ3) is 4.69. The lowest BCUT2D eigenvalue weighted by Gasteiger charge is -2.12. The molecule has 0 aliphatic rings. The van der Waals surface area contributed by atoms with Gasteiger partial charge in [0.2, 0.25) is 5.91 Å².